The Morgan fingerprint density at radius 1 is 1.00 bits per heavy atom. The van der Waals surface area contributed by atoms with Crippen LogP contribution in [0.3, 0.4) is 0 Å². The molecule has 4 N–H and O–H groups in total. The van der Waals surface area contributed by atoms with Crippen LogP contribution in [-0.2, 0) is 9.59 Å². The standard InChI is InChI=1S/2CH3NO.He/c2*2-1-3;/h2*1H,(H2,2,3);. The van der Waals surface area contributed by atoms with Gasteiger partial charge in [0.15, 0.2) is 0 Å². The Balaban J connectivity index is -0.0000000400. The van der Waals surface area contributed by atoms with Gasteiger partial charge in [0.1, 0.15) is 0 Å². The number of rotatable bonds is 0. The Bertz CT molecular complexity index is 34.7. The molecule has 7 heavy (non-hydrogen) atoms. The van der Waals surface area contributed by atoms with Gasteiger partial charge in [-0.05, 0) is 0 Å². The Kier molecular flexibility index (Phi) is 241. The molecule has 0 spiro atoms. The molecule has 0 heterocycles. The molecule has 0 unspecified atom stereocenters. The smallest absolute Gasteiger partial charge is 0.204 e. The normalized spacial score (nSPS) is 3.43. The summed E-state index contributed by atoms with van der Waals surface area (Å²) in [6.07, 6.45) is 0.500. The Labute approximate surface area is 41.2 Å². The molecule has 0 aliphatic carbocycles. The predicted molar refractivity (Wildman–Crippen MR) is 20.5 cm³/mol. The van der Waals surface area contributed by atoms with Crippen LogP contribution in [0.25, 0.3) is 0 Å². The van der Waals surface area contributed by atoms with Crippen LogP contribution in [0, 0.1) is 6.15 Å². The van der Waals surface area contributed by atoms with E-state index in [2.05, 4.69) is 11.5 Å². The molecule has 0 saturated carbocycles. The summed E-state index contributed by atoms with van der Waals surface area (Å²) in [4.78, 5) is 17.2. The Hall–Kier alpha value is -1.15. The van der Waals surface area contributed by atoms with E-state index >= 15 is 0 Å². The largest absolute Gasteiger partial charge is 0.372 e. The molecule has 0 aliphatic heterocycles. The fourth-order valence-electron chi connectivity index (χ4n) is 0. The molecule has 2 amide bonds. The van der Waals surface area contributed by atoms with Crippen molar-refractivity contribution in [2.45, 2.75) is 0 Å². The van der Waals surface area contributed by atoms with Crippen LogP contribution < -0.4 is 11.5 Å². The Morgan fingerprint density at radius 3 is 1.00 bits per heavy atom. The molecular formula is C2H6HeN2O2. The maximum atomic E-state index is 8.58. The van der Waals surface area contributed by atoms with Crippen LogP contribution >= 0.6 is 0 Å². The van der Waals surface area contributed by atoms with Gasteiger partial charge in [-0.25, -0.2) is 0 Å². The quantitative estimate of drug-likeness (QED) is 0.347. The minimum absolute atomic E-state index is 0. The fraction of sp³-hybridized carbons (Fsp3) is 0. The van der Waals surface area contributed by atoms with E-state index in [0.717, 1.165) is 0 Å². The molecule has 0 saturated heterocycles. The van der Waals surface area contributed by atoms with Crippen LogP contribution in [0.5, 0.6) is 0 Å². The van der Waals surface area contributed by atoms with Crippen molar-refractivity contribution in [3.05, 3.63) is 0 Å². The van der Waals surface area contributed by atoms with Crippen LogP contribution in [-0.4, -0.2) is 12.8 Å². The van der Waals surface area contributed by atoms with Crippen molar-refractivity contribution in [3.63, 3.8) is 0 Å². The third-order valence-corrected chi connectivity index (χ3v) is 0. The first-order chi connectivity index (χ1) is 2.83. The van der Waals surface area contributed by atoms with E-state index in [4.69, 9.17) is 9.59 Å². The second-order valence-corrected chi connectivity index (χ2v) is 0.272. The molecule has 38 valence electrons. The molecule has 0 bridgehead atoms. The van der Waals surface area contributed by atoms with Crippen molar-refractivity contribution < 1.29 is 15.7 Å². The summed E-state index contributed by atoms with van der Waals surface area (Å²) in [6.45, 7) is 0. The summed E-state index contributed by atoms with van der Waals surface area (Å²) in [5.74, 6) is 0. The number of amides is 2. The van der Waals surface area contributed by atoms with Crippen molar-refractivity contribution in [2.24, 2.45) is 11.5 Å². The van der Waals surface area contributed by atoms with Crippen LogP contribution in [0.1, 0.15) is 0 Å². The van der Waals surface area contributed by atoms with Crippen molar-refractivity contribution in [3.8, 4) is 0 Å². The molecule has 0 radical (unpaired) electrons. The second kappa shape index (κ2) is 99.6. The van der Waals surface area contributed by atoms with Gasteiger partial charge in [0.25, 0.3) is 0 Å². The summed E-state index contributed by atoms with van der Waals surface area (Å²) in [5, 5.41) is 0. The number of carbonyl (C=O) groups is 2. The van der Waals surface area contributed by atoms with E-state index in [1.54, 1.807) is 0 Å². The van der Waals surface area contributed by atoms with Crippen LogP contribution in [0.15, 0.2) is 0 Å². The van der Waals surface area contributed by atoms with Gasteiger partial charge in [-0.1, -0.05) is 0 Å². The fourth-order valence-corrected chi connectivity index (χ4v) is 0. The first kappa shape index (κ1) is 16.9. The first-order valence-corrected chi connectivity index (χ1v) is 1.14. The van der Waals surface area contributed by atoms with Gasteiger partial charge in [0.2, 0.25) is 12.8 Å². The van der Waals surface area contributed by atoms with Gasteiger partial charge >= 0.3 is 0 Å². The molecule has 0 atom stereocenters. The zero-order valence-corrected chi connectivity index (χ0v) is 3.83. The van der Waals surface area contributed by atoms with Crippen molar-refractivity contribution >= 4 is 12.8 Å². The average Bonchev–Trinajstić information content (AvgIpc) is 1.39. The third kappa shape index (κ3) is 29.7. The topological polar surface area (TPSA) is 86.2 Å². The van der Waals surface area contributed by atoms with E-state index in [1.807, 2.05) is 0 Å². The van der Waals surface area contributed by atoms with Gasteiger partial charge in [0.05, 0.1) is 0 Å². The third-order valence-electron chi connectivity index (χ3n) is 0. The SMILES string of the molecule is NC=O.NC=O.[He]. The maximum absolute atomic E-state index is 8.58. The molecule has 5 heteroatoms. The van der Waals surface area contributed by atoms with E-state index in [9.17, 15) is 0 Å². The van der Waals surface area contributed by atoms with Crippen molar-refractivity contribution in [1.82, 2.24) is 0 Å². The van der Waals surface area contributed by atoms with Crippen LogP contribution in [0.2, 0.25) is 0 Å². The summed E-state index contributed by atoms with van der Waals surface area (Å²) >= 11 is 0. The van der Waals surface area contributed by atoms with E-state index < -0.39 is 0 Å². The summed E-state index contributed by atoms with van der Waals surface area (Å²) in [7, 11) is 0. The molecule has 0 aromatic carbocycles. The monoisotopic (exact) mass is 94.0 g/mol. The minimum Gasteiger partial charge on any atom is -0.372 e. The zero-order valence-electron chi connectivity index (χ0n) is 3.83. The second-order valence-electron chi connectivity index (χ2n) is 0.272. The minimum atomic E-state index is 0. The molecule has 0 rings (SSSR count). The molecule has 0 aliphatic rings. The number of nitrogens with two attached hydrogens (primary N) is 2. The maximum Gasteiger partial charge on any atom is 0.204 e. The predicted octanol–water partition coefficient (Wildman–Crippen LogP) is -1.80. The number of primary amides is 2. The van der Waals surface area contributed by atoms with E-state index in [0.29, 0.717) is 0 Å². The molecule has 0 aromatic heterocycles. The molecule has 0 fully saturated rings. The molecular weight excluding hydrogens is 88.0 g/mol. The average molecular weight is 94.1 g/mol. The van der Waals surface area contributed by atoms with Gasteiger partial charge in [0, 0.05) is 6.15 Å². The Morgan fingerprint density at radius 2 is 1.00 bits per heavy atom. The summed E-state index contributed by atoms with van der Waals surface area (Å²) in [6, 6.07) is 0. The van der Waals surface area contributed by atoms with Gasteiger partial charge in [-0.3, -0.25) is 9.59 Å². The van der Waals surface area contributed by atoms with Crippen LogP contribution in [0.4, 0.5) is 0 Å². The molecule has 4 nitrogen and oxygen atoms in total. The summed E-state index contributed by atoms with van der Waals surface area (Å²) in [5.41, 5.74) is 8.33. The van der Waals surface area contributed by atoms with E-state index in [1.165, 1.54) is 0 Å². The van der Waals surface area contributed by atoms with Gasteiger partial charge in [-0.15, -0.1) is 0 Å². The zero-order chi connectivity index (χ0) is 5.41. The van der Waals surface area contributed by atoms with Gasteiger partial charge < -0.3 is 11.5 Å². The first-order valence-electron chi connectivity index (χ1n) is 1.14. The van der Waals surface area contributed by atoms with Crippen molar-refractivity contribution in [2.75, 3.05) is 0 Å². The number of carbonyl (C=O) groups excluding carboxylic acids is 2. The van der Waals surface area contributed by atoms with Crippen molar-refractivity contribution in [1.29, 1.82) is 0 Å². The number of hydrogen-bond acceptors (Lipinski definition) is 2. The van der Waals surface area contributed by atoms with E-state index in [-0.39, 0.29) is 19.0 Å². The number of hydrogen-bond donors (Lipinski definition) is 2. The molecule has 0 aromatic rings. The summed E-state index contributed by atoms with van der Waals surface area (Å²) < 4.78 is 0. The van der Waals surface area contributed by atoms with Gasteiger partial charge in [-0.2, -0.15) is 0 Å².